The number of hydrogen-bond acceptors (Lipinski definition) is 4. The highest BCUT2D eigenvalue weighted by molar-refractivity contribution is 8.01. The highest BCUT2D eigenvalue weighted by atomic mass is 32.2. The zero-order valence-electron chi connectivity index (χ0n) is 10.2. The van der Waals surface area contributed by atoms with Gasteiger partial charge < -0.3 is 15.0 Å². The molecule has 0 aliphatic carbocycles. The molecule has 0 bridgehead atoms. The van der Waals surface area contributed by atoms with Gasteiger partial charge in [0.2, 0.25) is 11.8 Å². The van der Waals surface area contributed by atoms with E-state index in [1.165, 1.54) is 0 Å². The predicted molar refractivity (Wildman–Crippen MR) is 65.6 cm³/mol. The maximum absolute atomic E-state index is 12.0. The first-order valence-corrected chi connectivity index (χ1v) is 6.80. The molecule has 0 spiro atoms. The fraction of sp³-hybridized carbons (Fsp3) is 0.818. The zero-order chi connectivity index (χ0) is 12.5. The molecule has 17 heavy (non-hydrogen) atoms. The van der Waals surface area contributed by atoms with Crippen molar-refractivity contribution < 1.29 is 14.3 Å². The average molecular weight is 258 g/mol. The Labute approximate surface area is 105 Å². The number of nitrogens with one attached hydrogen (secondary N) is 1. The second kappa shape index (κ2) is 4.86. The number of carbonyl (C=O) groups is 2. The van der Waals surface area contributed by atoms with Crippen molar-refractivity contribution in [1.29, 1.82) is 0 Å². The summed E-state index contributed by atoms with van der Waals surface area (Å²) in [7, 11) is 1.60. The van der Waals surface area contributed by atoms with Crippen LogP contribution < -0.4 is 5.32 Å². The number of carbonyl (C=O) groups excluding carboxylic acids is 2. The molecule has 6 heteroatoms. The summed E-state index contributed by atoms with van der Waals surface area (Å²) in [5.74, 6) is 0.735. The number of rotatable bonds is 4. The third-order valence-electron chi connectivity index (χ3n) is 3.35. The van der Waals surface area contributed by atoms with Gasteiger partial charge in [0, 0.05) is 25.8 Å². The molecule has 2 aliphatic rings. The lowest BCUT2D eigenvalue weighted by Gasteiger charge is -2.29. The number of amides is 2. The molecule has 0 aromatic heterocycles. The van der Waals surface area contributed by atoms with E-state index in [4.69, 9.17) is 4.74 Å². The van der Waals surface area contributed by atoms with Crippen LogP contribution in [0.3, 0.4) is 0 Å². The molecule has 5 nitrogen and oxygen atoms in total. The first kappa shape index (κ1) is 12.7. The van der Waals surface area contributed by atoms with E-state index >= 15 is 0 Å². The van der Waals surface area contributed by atoms with Crippen molar-refractivity contribution in [2.24, 2.45) is 0 Å². The van der Waals surface area contributed by atoms with Gasteiger partial charge in [0.25, 0.3) is 0 Å². The lowest BCUT2D eigenvalue weighted by Crippen LogP contribution is -2.50. The van der Waals surface area contributed by atoms with Gasteiger partial charge in [0.05, 0.1) is 11.5 Å². The van der Waals surface area contributed by atoms with Crippen LogP contribution in [0.1, 0.15) is 19.8 Å². The van der Waals surface area contributed by atoms with Gasteiger partial charge >= 0.3 is 0 Å². The molecular weight excluding hydrogens is 240 g/mol. The van der Waals surface area contributed by atoms with Gasteiger partial charge in [-0.2, -0.15) is 0 Å². The quantitative estimate of drug-likeness (QED) is 0.732. The number of nitrogens with zero attached hydrogens (tertiary/aromatic N) is 1. The number of methoxy groups -OCH3 is 1. The Hall–Kier alpha value is -0.750. The molecule has 96 valence electrons. The SMILES string of the molecule is COCCNC(=O)[C@H]1CS[C@]2(C)CCC(=O)N12. The van der Waals surface area contributed by atoms with Gasteiger partial charge in [-0.3, -0.25) is 9.59 Å². The van der Waals surface area contributed by atoms with E-state index in [1.54, 1.807) is 23.8 Å². The Balaban J connectivity index is 1.98. The van der Waals surface area contributed by atoms with E-state index in [0.29, 0.717) is 25.3 Å². The third-order valence-corrected chi connectivity index (χ3v) is 4.86. The lowest BCUT2D eigenvalue weighted by molar-refractivity contribution is -0.138. The summed E-state index contributed by atoms with van der Waals surface area (Å²) in [6.07, 6.45) is 1.41. The normalized spacial score (nSPS) is 31.8. The molecule has 2 rings (SSSR count). The summed E-state index contributed by atoms with van der Waals surface area (Å²) < 4.78 is 4.88. The molecule has 0 unspecified atom stereocenters. The lowest BCUT2D eigenvalue weighted by atomic mass is 10.2. The summed E-state index contributed by atoms with van der Waals surface area (Å²) in [5.41, 5.74) is 0. The van der Waals surface area contributed by atoms with Gasteiger partial charge in [-0.15, -0.1) is 11.8 Å². The summed E-state index contributed by atoms with van der Waals surface area (Å²) in [5, 5.41) is 2.80. The molecule has 2 atom stereocenters. The monoisotopic (exact) mass is 258 g/mol. The molecule has 2 fully saturated rings. The molecule has 2 saturated heterocycles. The minimum atomic E-state index is -0.308. The topological polar surface area (TPSA) is 58.6 Å². The molecule has 0 radical (unpaired) electrons. The summed E-state index contributed by atoms with van der Waals surface area (Å²) in [4.78, 5) is 25.4. The highest BCUT2D eigenvalue weighted by Crippen LogP contribution is 2.47. The standard InChI is InChI=1S/C11H18N2O3S/c1-11-4-3-9(14)13(11)8(7-17-11)10(15)12-5-6-16-2/h8H,3-7H2,1-2H3,(H,12,15)/t8-,11-/m1/s1. The van der Waals surface area contributed by atoms with Gasteiger partial charge in [-0.1, -0.05) is 0 Å². The number of ether oxygens (including phenoxy) is 1. The fourth-order valence-corrected chi connectivity index (χ4v) is 3.84. The molecule has 0 aromatic rings. The first-order chi connectivity index (χ1) is 8.08. The maximum Gasteiger partial charge on any atom is 0.243 e. The van der Waals surface area contributed by atoms with Crippen LogP contribution in [0.25, 0.3) is 0 Å². The zero-order valence-corrected chi connectivity index (χ0v) is 11.0. The largest absolute Gasteiger partial charge is 0.383 e. The summed E-state index contributed by atoms with van der Waals surface area (Å²) >= 11 is 1.71. The Morgan fingerprint density at radius 1 is 1.71 bits per heavy atom. The van der Waals surface area contributed by atoms with Crippen molar-refractivity contribution in [2.45, 2.75) is 30.7 Å². The van der Waals surface area contributed by atoms with Crippen LogP contribution in [-0.2, 0) is 14.3 Å². The van der Waals surface area contributed by atoms with Crippen LogP contribution in [0.2, 0.25) is 0 Å². The van der Waals surface area contributed by atoms with Crippen LogP contribution in [0.5, 0.6) is 0 Å². The molecule has 2 heterocycles. The van der Waals surface area contributed by atoms with Crippen molar-refractivity contribution in [2.75, 3.05) is 26.0 Å². The molecule has 1 N–H and O–H groups in total. The highest BCUT2D eigenvalue weighted by Gasteiger charge is 2.52. The minimum absolute atomic E-state index is 0.0616. The molecule has 2 aliphatic heterocycles. The van der Waals surface area contributed by atoms with E-state index in [2.05, 4.69) is 5.32 Å². The molecule has 0 saturated carbocycles. The predicted octanol–water partition coefficient (Wildman–Crippen LogP) is 0.203. The van der Waals surface area contributed by atoms with Crippen LogP contribution in [-0.4, -0.2) is 53.6 Å². The molecular formula is C11H18N2O3S. The Bertz CT molecular complexity index is 337. The van der Waals surface area contributed by atoms with Gasteiger partial charge in [-0.05, 0) is 13.3 Å². The van der Waals surface area contributed by atoms with Crippen LogP contribution in [0.4, 0.5) is 0 Å². The second-order valence-electron chi connectivity index (χ2n) is 4.55. The molecule has 0 aromatic carbocycles. The van der Waals surface area contributed by atoms with E-state index in [9.17, 15) is 9.59 Å². The van der Waals surface area contributed by atoms with Gasteiger partial charge in [0.1, 0.15) is 6.04 Å². The minimum Gasteiger partial charge on any atom is -0.383 e. The van der Waals surface area contributed by atoms with Crippen molar-refractivity contribution >= 4 is 23.6 Å². The van der Waals surface area contributed by atoms with Crippen molar-refractivity contribution in [3.63, 3.8) is 0 Å². The van der Waals surface area contributed by atoms with Gasteiger partial charge in [0.15, 0.2) is 0 Å². The van der Waals surface area contributed by atoms with Crippen LogP contribution in [0.15, 0.2) is 0 Å². The van der Waals surface area contributed by atoms with E-state index in [-0.39, 0.29) is 22.7 Å². The maximum atomic E-state index is 12.0. The van der Waals surface area contributed by atoms with Crippen molar-refractivity contribution in [3.05, 3.63) is 0 Å². The van der Waals surface area contributed by atoms with Gasteiger partial charge in [-0.25, -0.2) is 0 Å². The Morgan fingerprint density at radius 3 is 3.18 bits per heavy atom. The number of hydrogen-bond donors (Lipinski definition) is 1. The average Bonchev–Trinajstić information content (AvgIpc) is 2.77. The number of thioether (sulfide) groups is 1. The van der Waals surface area contributed by atoms with Crippen LogP contribution >= 0.6 is 11.8 Å². The van der Waals surface area contributed by atoms with E-state index in [0.717, 1.165) is 6.42 Å². The first-order valence-electron chi connectivity index (χ1n) is 5.81. The Morgan fingerprint density at radius 2 is 2.47 bits per heavy atom. The molecule has 2 amide bonds. The third kappa shape index (κ3) is 2.28. The van der Waals surface area contributed by atoms with Crippen molar-refractivity contribution in [1.82, 2.24) is 10.2 Å². The Kier molecular flexibility index (Phi) is 3.63. The van der Waals surface area contributed by atoms with E-state index in [1.807, 2.05) is 6.92 Å². The fourth-order valence-electron chi connectivity index (χ4n) is 2.41. The smallest absolute Gasteiger partial charge is 0.243 e. The summed E-state index contributed by atoms with van der Waals surface area (Å²) in [6.45, 7) is 3.04. The van der Waals surface area contributed by atoms with Crippen LogP contribution in [0, 0.1) is 0 Å². The second-order valence-corrected chi connectivity index (χ2v) is 6.05. The van der Waals surface area contributed by atoms with Crippen molar-refractivity contribution in [3.8, 4) is 0 Å². The van der Waals surface area contributed by atoms with E-state index < -0.39 is 0 Å². The number of fused-ring (bicyclic) bond motifs is 1. The summed E-state index contributed by atoms with van der Waals surface area (Å²) in [6, 6.07) is -0.308.